The molecule has 5 rings (SSSR count). The van der Waals surface area contributed by atoms with Crippen LogP contribution in [0.3, 0.4) is 0 Å². The van der Waals surface area contributed by atoms with Crippen LogP contribution in [0.1, 0.15) is 59.2 Å². The average molecular weight is 611 g/mol. The molecule has 10 nitrogen and oxygen atoms in total. The summed E-state index contributed by atoms with van der Waals surface area (Å²) >= 11 is 0. The van der Waals surface area contributed by atoms with Gasteiger partial charge in [0.15, 0.2) is 0 Å². The number of nitrogens with one attached hydrogen (secondary N) is 2. The van der Waals surface area contributed by atoms with Gasteiger partial charge in [-0.2, -0.15) is 8.61 Å². The first-order valence-corrected chi connectivity index (χ1v) is 17.0. The van der Waals surface area contributed by atoms with Gasteiger partial charge in [-0.25, -0.2) is 16.8 Å². The van der Waals surface area contributed by atoms with E-state index < -0.39 is 31.9 Å². The minimum absolute atomic E-state index is 0.155. The van der Waals surface area contributed by atoms with Gasteiger partial charge in [0.1, 0.15) is 0 Å². The van der Waals surface area contributed by atoms with Crippen molar-refractivity contribution in [2.75, 3.05) is 36.8 Å². The maximum atomic E-state index is 12.9. The smallest absolute Gasteiger partial charge is 0.255 e. The molecule has 222 valence electrons. The Hall–Kier alpha value is -3.58. The molecule has 0 saturated carbocycles. The number of benzene rings is 3. The Labute approximate surface area is 246 Å². The molecule has 2 saturated heterocycles. The van der Waals surface area contributed by atoms with Crippen LogP contribution in [-0.2, 0) is 20.0 Å². The minimum atomic E-state index is -3.59. The molecule has 42 heavy (non-hydrogen) atoms. The van der Waals surface area contributed by atoms with Gasteiger partial charge in [0.05, 0.1) is 9.79 Å². The lowest BCUT2D eigenvalue weighted by Crippen LogP contribution is -2.35. The summed E-state index contributed by atoms with van der Waals surface area (Å²) in [6.07, 6.45) is 5.41. The summed E-state index contributed by atoms with van der Waals surface area (Å²) in [7, 11) is -7.18. The third-order valence-corrected chi connectivity index (χ3v) is 11.3. The van der Waals surface area contributed by atoms with Crippen LogP contribution in [-0.4, -0.2) is 63.4 Å². The van der Waals surface area contributed by atoms with Crippen LogP contribution in [0.15, 0.2) is 82.6 Å². The first-order valence-electron chi connectivity index (χ1n) is 14.1. The Balaban J connectivity index is 1.20. The fraction of sp³-hybridized carbons (Fsp3) is 0.333. The summed E-state index contributed by atoms with van der Waals surface area (Å²) in [5.74, 6) is -0.850. The number of carbonyl (C=O) groups excluding carboxylic acids is 2. The number of hydrogen-bond acceptors (Lipinski definition) is 6. The Kier molecular flexibility index (Phi) is 9.07. The fourth-order valence-electron chi connectivity index (χ4n) is 5.15. The van der Waals surface area contributed by atoms with E-state index in [-0.39, 0.29) is 9.79 Å². The van der Waals surface area contributed by atoms with Gasteiger partial charge in [-0.05, 0) is 92.4 Å². The Morgan fingerprint density at radius 3 is 1.24 bits per heavy atom. The normalized spacial score (nSPS) is 17.0. The van der Waals surface area contributed by atoms with Crippen molar-refractivity contribution in [2.24, 2.45) is 0 Å². The Morgan fingerprint density at radius 2 is 0.881 bits per heavy atom. The van der Waals surface area contributed by atoms with E-state index in [1.165, 1.54) is 57.1 Å². The molecular formula is C30H34N4O6S2. The first-order chi connectivity index (χ1) is 20.1. The summed E-state index contributed by atoms with van der Waals surface area (Å²) in [4.78, 5) is 26.0. The second-order valence-electron chi connectivity index (χ2n) is 10.5. The lowest BCUT2D eigenvalue weighted by molar-refractivity contribution is 0.101. The quantitative estimate of drug-likeness (QED) is 0.385. The first kappa shape index (κ1) is 29.9. The fourth-order valence-corrected chi connectivity index (χ4v) is 8.18. The van der Waals surface area contributed by atoms with Gasteiger partial charge in [-0.3, -0.25) is 9.59 Å². The molecule has 12 heteroatoms. The largest absolute Gasteiger partial charge is 0.322 e. The summed E-state index contributed by atoms with van der Waals surface area (Å²) in [5, 5.41) is 5.53. The number of hydrogen-bond donors (Lipinski definition) is 2. The molecule has 2 amide bonds. The van der Waals surface area contributed by atoms with Gasteiger partial charge in [-0.15, -0.1) is 0 Å². The van der Waals surface area contributed by atoms with Crippen LogP contribution < -0.4 is 10.6 Å². The number of sulfonamides is 2. The van der Waals surface area contributed by atoms with Crippen LogP contribution in [0.2, 0.25) is 0 Å². The van der Waals surface area contributed by atoms with E-state index in [1.807, 2.05) is 0 Å². The molecule has 0 radical (unpaired) electrons. The molecular weight excluding hydrogens is 576 g/mol. The molecule has 0 aliphatic carbocycles. The van der Waals surface area contributed by atoms with Crippen molar-refractivity contribution in [3.05, 3.63) is 83.9 Å². The van der Waals surface area contributed by atoms with Gasteiger partial charge < -0.3 is 10.6 Å². The maximum Gasteiger partial charge on any atom is 0.255 e. The molecule has 3 aromatic carbocycles. The molecule has 3 aromatic rings. The summed E-state index contributed by atoms with van der Waals surface area (Å²) in [6.45, 7) is 2.01. The molecule has 2 heterocycles. The van der Waals surface area contributed by atoms with E-state index in [2.05, 4.69) is 10.6 Å². The number of carbonyl (C=O) groups is 2. The molecule has 2 aliphatic rings. The van der Waals surface area contributed by atoms with Crippen LogP contribution in [0.5, 0.6) is 0 Å². The highest BCUT2D eigenvalue weighted by atomic mass is 32.2. The van der Waals surface area contributed by atoms with Gasteiger partial charge in [0.25, 0.3) is 11.8 Å². The third-order valence-electron chi connectivity index (χ3n) is 7.52. The number of piperidine rings is 2. The van der Waals surface area contributed by atoms with E-state index in [9.17, 15) is 26.4 Å². The van der Waals surface area contributed by atoms with E-state index in [4.69, 9.17) is 0 Å². The van der Waals surface area contributed by atoms with Crippen LogP contribution >= 0.6 is 0 Å². The van der Waals surface area contributed by atoms with Gasteiger partial charge in [-0.1, -0.05) is 18.9 Å². The molecule has 0 bridgehead atoms. The number of rotatable bonds is 8. The number of nitrogens with zero attached hydrogens (tertiary/aromatic N) is 2. The Bertz CT molecular complexity index is 1520. The zero-order valence-electron chi connectivity index (χ0n) is 23.2. The monoisotopic (exact) mass is 610 g/mol. The molecule has 0 spiro atoms. The maximum absolute atomic E-state index is 12.9. The zero-order valence-corrected chi connectivity index (χ0v) is 24.8. The van der Waals surface area contributed by atoms with Crippen LogP contribution in [0.25, 0.3) is 0 Å². The van der Waals surface area contributed by atoms with Crippen LogP contribution in [0.4, 0.5) is 11.4 Å². The lowest BCUT2D eigenvalue weighted by atomic mass is 10.2. The highest BCUT2D eigenvalue weighted by molar-refractivity contribution is 7.89. The second kappa shape index (κ2) is 12.7. The van der Waals surface area contributed by atoms with Crippen LogP contribution in [0, 0.1) is 0 Å². The standard InChI is InChI=1S/C30H34N4O6S2/c35-29(23-10-14-27(15-11-23)41(37,38)33-18-3-1-4-19-33)31-25-8-7-9-26(22-25)32-30(36)24-12-16-28(17-13-24)42(39,40)34-20-5-2-6-21-34/h7-17,22H,1-6,18-21H2,(H,31,35)(H,32,36). The molecule has 0 unspecified atom stereocenters. The predicted molar refractivity (Wildman–Crippen MR) is 160 cm³/mol. The van der Waals surface area contributed by atoms with E-state index in [0.717, 1.165) is 38.5 Å². The predicted octanol–water partition coefficient (Wildman–Crippen LogP) is 4.54. The van der Waals surface area contributed by atoms with Gasteiger partial charge in [0.2, 0.25) is 20.0 Å². The molecule has 2 aliphatic heterocycles. The zero-order chi connectivity index (χ0) is 29.7. The second-order valence-corrected chi connectivity index (χ2v) is 14.3. The SMILES string of the molecule is O=C(Nc1cccc(NC(=O)c2ccc(S(=O)(=O)N3CCCCC3)cc2)c1)c1ccc(S(=O)(=O)N2CCCCC2)cc1. The van der Waals surface area contributed by atoms with E-state index in [1.54, 1.807) is 24.3 Å². The summed E-state index contributed by atoms with van der Waals surface area (Å²) in [6, 6.07) is 18.3. The summed E-state index contributed by atoms with van der Waals surface area (Å²) in [5.41, 5.74) is 1.46. The van der Waals surface area contributed by atoms with Gasteiger partial charge in [0, 0.05) is 48.7 Å². The average Bonchev–Trinajstić information content (AvgIpc) is 3.02. The van der Waals surface area contributed by atoms with Gasteiger partial charge >= 0.3 is 0 Å². The van der Waals surface area contributed by atoms with E-state index >= 15 is 0 Å². The lowest BCUT2D eigenvalue weighted by Gasteiger charge is -2.25. The van der Waals surface area contributed by atoms with Crippen molar-refractivity contribution >= 4 is 43.2 Å². The van der Waals surface area contributed by atoms with E-state index in [0.29, 0.717) is 48.7 Å². The molecule has 2 fully saturated rings. The molecule has 0 aromatic heterocycles. The molecule has 2 N–H and O–H groups in total. The van der Waals surface area contributed by atoms with Crippen molar-refractivity contribution in [1.82, 2.24) is 8.61 Å². The number of amides is 2. The van der Waals surface area contributed by atoms with Crippen molar-refractivity contribution < 1.29 is 26.4 Å². The minimum Gasteiger partial charge on any atom is -0.322 e. The number of anilines is 2. The summed E-state index contributed by atoms with van der Waals surface area (Å²) < 4.78 is 54.5. The third kappa shape index (κ3) is 6.73. The van der Waals surface area contributed by atoms with Crippen molar-refractivity contribution in [3.8, 4) is 0 Å². The highest BCUT2D eigenvalue weighted by Gasteiger charge is 2.27. The topological polar surface area (TPSA) is 133 Å². The van der Waals surface area contributed by atoms with Crippen molar-refractivity contribution in [1.29, 1.82) is 0 Å². The van der Waals surface area contributed by atoms with Crippen molar-refractivity contribution in [2.45, 2.75) is 48.3 Å². The highest BCUT2D eigenvalue weighted by Crippen LogP contribution is 2.23. The van der Waals surface area contributed by atoms with Crippen molar-refractivity contribution in [3.63, 3.8) is 0 Å². The molecule has 0 atom stereocenters. The Morgan fingerprint density at radius 1 is 0.524 bits per heavy atom.